The number of carboxylic acid groups (broad SMARTS) is 1. The molecule has 0 bridgehead atoms. The zero-order chi connectivity index (χ0) is 22.5. The van der Waals surface area contributed by atoms with Gasteiger partial charge < -0.3 is 19.5 Å². The Bertz CT molecular complexity index is 1010. The molecule has 1 aromatic heterocycles. The molecule has 1 aliphatic heterocycles. The van der Waals surface area contributed by atoms with Crippen LogP contribution in [-0.2, 0) is 4.74 Å². The van der Waals surface area contributed by atoms with Gasteiger partial charge in [-0.3, -0.25) is 0 Å². The number of alkyl halides is 2. The minimum atomic E-state index is -2.81. The lowest BCUT2D eigenvalue weighted by atomic mass is 10.1. The van der Waals surface area contributed by atoms with E-state index in [2.05, 4.69) is 14.9 Å². The number of hydrogen-bond acceptors (Lipinski definition) is 6. The van der Waals surface area contributed by atoms with Crippen molar-refractivity contribution in [2.24, 2.45) is 0 Å². The van der Waals surface area contributed by atoms with Gasteiger partial charge in [-0.2, -0.15) is 23.8 Å². The van der Waals surface area contributed by atoms with Gasteiger partial charge in [0, 0.05) is 18.2 Å². The quantitative estimate of drug-likeness (QED) is 0.539. The van der Waals surface area contributed by atoms with Crippen LogP contribution in [0.2, 0.25) is 0 Å². The zero-order valence-electron chi connectivity index (χ0n) is 17.1. The Morgan fingerprint density at radius 3 is 2.34 bits per heavy atom. The highest BCUT2D eigenvalue weighted by molar-refractivity contribution is 5.88. The molecule has 32 heavy (non-hydrogen) atoms. The van der Waals surface area contributed by atoms with E-state index in [4.69, 9.17) is 9.84 Å². The molecule has 10 heteroatoms. The maximum atomic E-state index is 12.4. The number of carbonyl (C=O) groups is 1. The lowest BCUT2D eigenvalue weighted by Gasteiger charge is -2.26. The molecule has 2 unspecified atom stereocenters. The predicted molar refractivity (Wildman–Crippen MR) is 112 cm³/mol. The minimum absolute atomic E-state index is 0.0790. The molecule has 1 fully saturated rings. The number of carboxylic acids is 1. The first-order valence-corrected chi connectivity index (χ1v) is 10.1. The topological polar surface area (TPSA) is 89.7 Å². The molecule has 1 saturated heterocycles. The van der Waals surface area contributed by atoms with Gasteiger partial charge in [-0.1, -0.05) is 0 Å². The SMILES string of the molecule is O=C(O)c1ccc(N2CC(Oc3ccc(-n4nccn4)cc3)CC2CCOC(F)F)cc1. The van der Waals surface area contributed by atoms with E-state index in [0.717, 1.165) is 11.4 Å². The molecule has 0 spiro atoms. The third kappa shape index (κ3) is 5.20. The van der Waals surface area contributed by atoms with Crippen molar-refractivity contribution >= 4 is 11.7 Å². The van der Waals surface area contributed by atoms with Crippen molar-refractivity contribution in [3.8, 4) is 11.4 Å². The lowest BCUT2D eigenvalue weighted by Crippen LogP contribution is -2.31. The smallest absolute Gasteiger partial charge is 0.345 e. The van der Waals surface area contributed by atoms with Crippen LogP contribution in [0.1, 0.15) is 23.2 Å². The van der Waals surface area contributed by atoms with Gasteiger partial charge in [-0.25, -0.2) is 4.79 Å². The largest absolute Gasteiger partial charge is 0.489 e. The molecule has 3 aromatic rings. The number of nitrogens with zero attached hydrogens (tertiary/aromatic N) is 4. The standard InChI is InChI=1S/C22H22F2N4O4/c23-22(24)31-12-9-18-13-20(14-27(18)16-3-1-15(2-4-16)21(29)30)32-19-7-5-17(6-8-19)28-25-10-11-26-28/h1-8,10-11,18,20,22H,9,12-14H2,(H,29,30). The molecule has 1 aliphatic rings. The average Bonchev–Trinajstić information content (AvgIpc) is 3.45. The Balaban J connectivity index is 1.45. The molecule has 168 valence electrons. The van der Waals surface area contributed by atoms with Crippen molar-refractivity contribution < 1.29 is 28.2 Å². The summed E-state index contributed by atoms with van der Waals surface area (Å²) in [5, 5.41) is 17.3. The maximum absolute atomic E-state index is 12.4. The van der Waals surface area contributed by atoms with E-state index in [0.29, 0.717) is 25.1 Å². The monoisotopic (exact) mass is 444 g/mol. The van der Waals surface area contributed by atoms with Crippen molar-refractivity contribution in [2.45, 2.75) is 31.6 Å². The van der Waals surface area contributed by atoms with Gasteiger partial charge in [0.15, 0.2) is 0 Å². The van der Waals surface area contributed by atoms with Gasteiger partial charge in [0.1, 0.15) is 11.9 Å². The van der Waals surface area contributed by atoms with Crippen LogP contribution in [-0.4, -0.2) is 58.0 Å². The van der Waals surface area contributed by atoms with Crippen LogP contribution >= 0.6 is 0 Å². The van der Waals surface area contributed by atoms with Gasteiger partial charge in [-0.15, -0.1) is 0 Å². The first kappa shape index (κ1) is 21.7. The molecule has 4 rings (SSSR count). The Kier molecular flexibility index (Phi) is 6.60. The van der Waals surface area contributed by atoms with Crippen molar-refractivity contribution in [1.82, 2.24) is 15.0 Å². The highest BCUT2D eigenvalue weighted by atomic mass is 19.3. The second-order valence-corrected chi connectivity index (χ2v) is 7.37. The summed E-state index contributed by atoms with van der Waals surface area (Å²) in [4.78, 5) is 14.7. The normalized spacial score (nSPS) is 18.3. The first-order chi connectivity index (χ1) is 15.5. The molecule has 1 N–H and O–H groups in total. The summed E-state index contributed by atoms with van der Waals surface area (Å²) in [5.74, 6) is -0.327. The van der Waals surface area contributed by atoms with E-state index in [1.807, 2.05) is 29.2 Å². The second-order valence-electron chi connectivity index (χ2n) is 7.37. The Morgan fingerprint density at radius 2 is 1.72 bits per heavy atom. The number of aromatic nitrogens is 3. The molecule has 0 saturated carbocycles. The molecule has 0 radical (unpaired) electrons. The van der Waals surface area contributed by atoms with Crippen LogP contribution < -0.4 is 9.64 Å². The van der Waals surface area contributed by atoms with Crippen LogP contribution in [0.5, 0.6) is 5.75 Å². The summed E-state index contributed by atoms with van der Waals surface area (Å²) in [6.45, 7) is -2.35. The van der Waals surface area contributed by atoms with Crippen LogP contribution in [0, 0.1) is 0 Å². The molecule has 0 aliphatic carbocycles. The number of hydrogen-bond donors (Lipinski definition) is 1. The molecule has 8 nitrogen and oxygen atoms in total. The number of ether oxygens (including phenoxy) is 2. The van der Waals surface area contributed by atoms with Gasteiger partial charge in [0.2, 0.25) is 0 Å². The molecule has 2 atom stereocenters. The van der Waals surface area contributed by atoms with Crippen molar-refractivity contribution in [3.05, 3.63) is 66.5 Å². The number of rotatable bonds is 9. The zero-order valence-corrected chi connectivity index (χ0v) is 17.1. The van der Waals surface area contributed by atoms with Gasteiger partial charge in [0.25, 0.3) is 0 Å². The second kappa shape index (κ2) is 9.73. The highest BCUT2D eigenvalue weighted by Gasteiger charge is 2.33. The van der Waals surface area contributed by atoms with Gasteiger partial charge in [-0.05, 0) is 55.0 Å². The number of aromatic carboxylic acids is 1. The lowest BCUT2D eigenvalue weighted by molar-refractivity contribution is -0.129. The van der Waals surface area contributed by atoms with E-state index in [-0.39, 0.29) is 24.3 Å². The molecular formula is C22H22F2N4O4. The Labute approximate surface area is 183 Å². The Hall–Kier alpha value is -3.53. The maximum Gasteiger partial charge on any atom is 0.345 e. The number of halogens is 2. The van der Waals surface area contributed by atoms with Crippen LogP contribution in [0.15, 0.2) is 60.9 Å². The minimum Gasteiger partial charge on any atom is -0.489 e. The molecule has 2 aromatic carbocycles. The summed E-state index contributed by atoms with van der Waals surface area (Å²) in [6.07, 6.45) is 4.04. The van der Waals surface area contributed by atoms with E-state index in [9.17, 15) is 13.6 Å². The van der Waals surface area contributed by atoms with Gasteiger partial charge in [0.05, 0.1) is 36.8 Å². The van der Waals surface area contributed by atoms with Crippen LogP contribution in [0.3, 0.4) is 0 Å². The summed E-state index contributed by atoms with van der Waals surface area (Å²) in [6, 6.07) is 13.8. The molecule has 0 amide bonds. The third-order valence-corrected chi connectivity index (χ3v) is 5.31. The van der Waals surface area contributed by atoms with Crippen LogP contribution in [0.4, 0.5) is 14.5 Å². The third-order valence-electron chi connectivity index (χ3n) is 5.31. The summed E-state index contributed by atoms with van der Waals surface area (Å²) < 4.78 is 35.4. The Morgan fingerprint density at radius 1 is 1.06 bits per heavy atom. The predicted octanol–water partition coefficient (Wildman–Crippen LogP) is 3.62. The fourth-order valence-electron chi connectivity index (χ4n) is 3.84. The number of anilines is 1. The molecular weight excluding hydrogens is 422 g/mol. The van der Waals surface area contributed by atoms with Crippen molar-refractivity contribution in [1.29, 1.82) is 0 Å². The van der Waals surface area contributed by atoms with E-state index < -0.39 is 12.6 Å². The van der Waals surface area contributed by atoms with E-state index in [1.54, 1.807) is 24.5 Å². The van der Waals surface area contributed by atoms with Gasteiger partial charge >= 0.3 is 12.6 Å². The summed E-state index contributed by atoms with van der Waals surface area (Å²) in [5.41, 5.74) is 1.80. The summed E-state index contributed by atoms with van der Waals surface area (Å²) in [7, 11) is 0. The van der Waals surface area contributed by atoms with Crippen molar-refractivity contribution in [2.75, 3.05) is 18.1 Å². The van der Waals surface area contributed by atoms with Crippen LogP contribution in [0.25, 0.3) is 5.69 Å². The van der Waals surface area contributed by atoms with E-state index in [1.165, 1.54) is 16.9 Å². The fourth-order valence-corrected chi connectivity index (χ4v) is 3.84. The average molecular weight is 444 g/mol. The van der Waals surface area contributed by atoms with E-state index >= 15 is 0 Å². The fraction of sp³-hybridized carbons (Fsp3) is 0.318. The first-order valence-electron chi connectivity index (χ1n) is 10.1. The van der Waals surface area contributed by atoms with Crippen molar-refractivity contribution in [3.63, 3.8) is 0 Å². The molecule has 2 heterocycles. The number of benzene rings is 2. The highest BCUT2D eigenvalue weighted by Crippen LogP contribution is 2.30. The summed E-state index contributed by atoms with van der Waals surface area (Å²) >= 11 is 0.